The highest BCUT2D eigenvalue weighted by atomic mass is 16.7. The third-order valence-corrected chi connectivity index (χ3v) is 6.81. The monoisotopic (exact) mass is 596 g/mol. The number of carbonyl (C=O) groups excluding carboxylic acids is 1. The zero-order chi connectivity index (χ0) is 30.7. The van der Waals surface area contributed by atoms with Crippen molar-refractivity contribution in [2.75, 3.05) is 13.2 Å². The predicted octanol–water partition coefficient (Wildman–Crippen LogP) is -2.65. The summed E-state index contributed by atoms with van der Waals surface area (Å²) in [5.41, 5.74) is 0.0442. The van der Waals surface area contributed by atoms with Crippen molar-refractivity contribution in [1.29, 1.82) is 0 Å². The summed E-state index contributed by atoms with van der Waals surface area (Å²) >= 11 is 0. The molecule has 15 nitrogen and oxygen atoms in total. The number of aliphatic hydroxyl groups excluding tert-OH is 8. The molecule has 4 rings (SSSR count). The Morgan fingerprint density at radius 1 is 0.738 bits per heavy atom. The highest BCUT2D eigenvalue weighted by Gasteiger charge is 2.46. The van der Waals surface area contributed by atoms with Crippen LogP contribution in [0.2, 0.25) is 0 Å². The van der Waals surface area contributed by atoms with E-state index in [4.69, 9.17) is 18.9 Å². The molecule has 0 aliphatic carbocycles. The lowest BCUT2D eigenvalue weighted by Gasteiger charge is -2.40. The number of rotatable bonds is 9. The molecular weight excluding hydrogens is 564 g/mol. The molecule has 15 heteroatoms. The SMILES string of the molecule is O=C(C=Cc1ccc(O)cc1)c1c(O)cc(OC2OC(CO)C(O)C(O)C2O)cc1OC1OC(CO)C(O)C(O)C1O. The van der Waals surface area contributed by atoms with Gasteiger partial charge in [0.2, 0.25) is 12.6 Å². The summed E-state index contributed by atoms with van der Waals surface area (Å²) in [4.78, 5) is 13.2. The fourth-order valence-electron chi connectivity index (χ4n) is 4.41. The van der Waals surface area contributed by atoms with E-state index < -0.39 is 97.5 Å². The minimum atomic E-state index is -1.88. The van der Waals surface area contributed by atoms with E-state index in [-0.39, 0.29) is 11.5 Å². The van der Waals surface area contributed by atoms with Gasteiger partial charge in [-0.25, -0.2) is 0 Å². The van der Waals surface area contributed by atoms with Crippen LogP contribution in [-0.2, 0) is 9.47 Å². The topological polar surface area (TPSA) is 256 Å². The molecule has 2 aromatic carbocycles. The van der Waals surface area contributed by atoms with Gasteiger partial charge in [-0.3, -0.25) is 4.79 Å². The van der Waals surface area contributed by atoms with Gasteiger partial charge in [0.25, 0.3) is 0 Å². The fraction of sp³-hybridized carbons (Fsp3) is 0.444. The molecule has 42 heavy (non-hydrogen) atoms. The summed E-state index contributed by atoms with van der Waals surface area (Å²) in [5, 5.41) is 100. The van der Waals surface area contributed by atoms with Crippen LogP contribution in [0.15, 0.2) is 42.5 Å². The molecular formula is C27H32O15. The van der Waals surface area contributed by atoms with Crippen molar-refractivity contribution in [2.24, 2.45) is 0 Å². The minimum absolute atomic E-state index is 0.00123. The number of ether oxygens (including phenoxy) is 4. The number of carbonyl (C=O) groups is 1. The Morgan fingerprint density at radius 2 is 1.26 bits per heavy atom. The number of allylic oxidation sites excluding steroid dienone is 1. The zero-order valence-electron chi connectivity index (χ0n) is 21.8. The zero-order valence-corrected chi connectivity index (χ0v) is 21.8. The van der Waals surface area contributed by atoms with Gasteiger partial charge in [0.05, 0.1) is 13.2 Å². The first-order valence-electron chi connectivity index (χ1n) is 12.8. The quantitative estimate of drug-likeness (QED) is 0.105. The predicted molar refractivity (Wildman–Crippen MR) is 138 cm³/mol. The summed E-state index contributed by atoms with van der Waals surface area (Å²) in [7, 11) is 0. The molecule has 0 spiro atoms. The van der Waals surface area contributed by atoms with Crippen LogP contribution in [0, 0.1) is 0 Å². The Labute approximate surface area is 238 Å². The lowest BCUT2D eigenvalue weighted by molar-refractivity contribution is -0.278. The Morgan fingerprint density at radius 3 is 1.79 bits per heavy atom. The van der Waals surface area contributed by atoms with Gasteiger partial charge < -0.3 is 70.0 Å². The number of benzene rings is 2. The summed E-state index contributed by atoms with van der Waals surface area (Å²) < 4.78 is 21.8. The maximum Gasteiger partial charge on any atom is 0.229 e. The van der Waals surface area contributed by atoms with Gasteiger partial charge in [0.15, 0.2) is 5.78 Å². The average molecular weight is 597 g/mol. The third kappa shape index (κ3) is 6.66. The van der Waals surface area contributed by atoms with E-state index in [1.807, 2.05) is 0 Å². The fourth-order valence-corrected chi connectivity index (χ4v) is 4.41. The maximum atomic E-state index is 13.2. The number of hydrogen-bond acceptors (Lipinski definition) is 15. The van der Waals surface area contributed by atoms with Crippen molar-refractivity contribution >= 4 is 11.9 Å². The molecule has 2 heterocycles. The third-order valence-electron chi connectivity index (χ3n) is 6.81. The van der Waals surface area contributed by atoms with Crippen molar-refractivity contribution in [2.45, 2.75) is 61.4 Å². The van der Waals surface area contributed by atoms with Crippen LogP contribution in [0.4, 0.5) is 0 Å². The maximum absolute atomic E-state index is 13.2. The molecule has 0 amide bonds. The van der Waals surface area contributed by atoms with Gasteiger partial charge >= 0.3 is 0 Å². The van der Waals surface area contributed by atoms with E-state index in [2.05, 4.69) is 0 Å². The Hall–Kier alpha value is -3.35. The normalized spacial score (nSPS) is 33.4. The number of ketones is 1. The van der Waals surface area contributed by atoms with Gasteiger partial charge in [-0.2, -0.15) is 0 Å². The first kappa shape index (κ1) is 31.6. The van der Waals surface area contributed by atoms with Crippen molar-refractivity contribution in [1.82, 2.24) is 0 Å². The van der Waals surface area contributed by atoms with Crippen LogP contribution in [0.3, 0.4) is 0 Å². The lowest BCUT2D eigenvalue weighted by atomic mass is 9.99. The molecule has 230 valence electrons. The van der Waals surface area contributed by atoms with E-state index in [1.165, 1.54) is 30.3 Å². The van der Waals surface area contributed by atoms with Gasteiger partial charge in [-0.05, 0) is 23.8 Å². The van der Waals surface area contributed by atoms with Crippen LogP contribution < -0.4 is 9.47 Å². The summed E-state index contributed by atoms with van der Waals surface area (Å²) in [6.07, 6.45) is -14.3. The molecule has 2 aliphatic rings. The Balaban J connectivity index is 1.68. The van der Waals surface area contributed by atoms with Crippen LogP contribution in [0.1, 0.15) is 15.9 Å². The van der Waals surface area contributed by atoms with Crippen molar-refractivity contribution in [3.05, 3.63) is 53.6 Å². The Bertz CT molecular complexity index is 1250. The minimum Gasteiger partial charge on any atom is -0.508 e. The second-order valence-corrected chi connectivity index (χ2v) is 9.73. The van der Waals surface area contributed by atoms with Crippen LogP contribution in [-0.4, -0.2) is 131 Å². The lowest BCUT2D eigenvalue weighted by Crippen LogP contribution is -2.60. The van der Waals surface area contributed by atoms with Gasteiger partial charge in [0.1, 0.15) is 77.4 Å². The number of phenolic OH excluding ortho intramolecular Hbond substituents is 2. The molecule has 2 saturated heterocycles. The molecule has 10 atom stereocenters. The van der Waals surface area contributed by atoms with Crippen LogP contribution in [0.25, 0.3) is 6.08 Å². The van der Waals surface area contributed by atoms with Crippen LogP contribution >= 0.6 is 0 Å². The molecule has 0 radical (unpaired) electrons. The molecule has 2 aliphatic heterocycles. The highest BCUT2D eigenvalue weighted by Crippen LogP contribution is 2.37. The molecule has 10 unspecified atom stereocenters. The van der Waals surface area contributed by atoms with Gasteiger partial charge in [-0.1, -0.05) is 18.2 Å². The summed E-state index contributed by atoms with van der Waals surface area (Å²) in [5.74, 6) is -2.33. The molecule has 0 bridgehead atoms. The molecule has 10 N–H and O–H groups in total. The van der Waals surface area contributed by atoms with E-state index in [9.17, 15) is 55.9 Å². The summed E-state index contributed by atoms with van der Waals surface area (Å²) in [6.45, 7) is -1.50. The molecule has 0 aromatic heterocycles. The average Bonchev–Trinajstić information content (AvgIpc) is 2.97. The molecule has 0 saturated carbocycles. The second kappa shape index (κ2) is 13.3. The molecule has 2 aromatic rings. The number of aromatic hydroxyl groups is 2. The van der Waals surface area contributed by atoms with E-state index in [0.717, 1.165) is 18.2 Å². The standard InChI is InChI=1S/C27H32O15/c28-9-17-20(33)22(35)24(37)26(41-17)39-13-7-15(32)19(14(31)6-3-11-1-4-12(30)5-2-11)16(8-13)40-27-25(38)23(36)21(34)18(10-29)42-27/h1-8,17-18,20-30,32-38H,9-10H2. The highest BCUT2D eigenvalue weighted by molar-refractivity contribution is 6.10. The largest absolute Gasteiger partial charge is 0.508 e. The van der Waals surface area contributed by atoms with Crippen molar-refractivity contribution in [3.63, 3.8) is 0 Å². The van der Waals surface area contributed by atoms with Crippen LogP contribution in [0.5, 0.6) is 23.0 Å². The number of hydrogen-bond donors (Lipinski definition) is 10. The number of phenols is 2. The van der Waals surface area contributed by atoms with Gasteiger partial charge in [0, 0.05) is 12.1 Å². The van der Waals surface area contributed by atoms with Gasteiger partial charge in [-0.15, -0.1) is 0 Å². The molecule has 2 fully saturated rings. The van der Waals surface area contributed by atoms with E-state index in [0.29, 0.717) is 5.56 Å². The van der Waals surface area contributed by atoms with E-state index >= 15 is 0 Å². The smallest absolute Gasteiger partial charge is 0.229 e. The first-order chi connectivity index (χ1) is 19.9. The first-order valence-corrected chi connectivity index (χ1v) is 12.8. The number of aliphatic hydroxyl groups is 8. The summed E-state index contributed by atoms with van der Waals surface area (Å²) in [6, 6.07) is 7.79. The van der Waals surface area contributed by atoms with E-state index in [1.54, 1.807) is 0 Å². The Kier molecular flexibility index (Phi) is 10.0. The second-order valence-electron chi connectivity index (χ2n) is 9.73. The van der Waals surface area contributed by atoms with Crippen molar-refractivity contribution < 1.29 is 74.8 Å². The van der Waals surface area contributed by atoms with Crippen molar-refractivity contribution in [3.8, 4) is 23.0 Å².